The summed E-state index contributed by atoms with van der Waals surface area (Å²) in [7, 11) is 0. The number of amides is 1. The van der Waals surface area contributed by atoms with Gasteiger partial charge in [-0.25, -0.2) is 13.2 Å². The summed E-state index contributed by atoms with van der Waals surface area (Å²) in [5.74, 6) is -4.59. The Labute approximate surface area is 119 Å². The van der Waals surface area contributed by atoms with Crippen LogP contribution in [0.3, 0.4) is 0 Å². The Balaban J connectivity index is 2.02. The summed E-state index contributed by atoms with van der Waals surface area (Å²) in [5.41, 5.74) is 1.12. The Bertz CT molecular complexity index is 664. The first-order valence-corrected chi connectivity index (χ1v) is 6.55. The molecule has 0 saturated carbocycles. The molecule has 2 unspecified atom stereocenters. The third-order valence-electron chi connectivity index (χ3n) is 3.72. The van der Waals surface area contributed by atoms with Gasteiger partial charge < -0.3 is 5.32 Å². The number of carbonyl (C=O) groups excluding carboxylic acids is 1. The van der Waals surface area contributed by atoms with E-state index < -0.39 is 23.4 Å². The minimum atomic E-state index is -1.49. The molecule has 1 heterocycles. The molecular weight excluding hydrogens is 279 g/mol. The van der Waals surface area contributed by atoms with Crippen LogP contribution in [-0.2, 0) is 4.79 Å². The van der Waals surface area contributed by atoms with E-state index in [9.17, 15) is 18.0 Å². The molecule has 0 aliphatic carbocycles. The molecule has 3 rings (SSSR count). The zero-order chi connectivity index (χ0) is 15.0. The van der Waals surface area contributed by atoms with Crippen LogP contribution in [0.5, 0.6) is 0 Å². The van der Waals surface area contributed by atoms with Crippen molar-refractivity contribution in [2.24, 2.45) is 0 Å². The summed E-state index contributed by atoms with van der Waals surface area (Å²) in [6.45, 7) is 0. The first-order chi connectivity index (χ1) is 10.1. The van der Waals surface area contributed by atoms with E-state index in [4.69, 9.17) is 0 Å². The van der Waals surface area contributed by atoms with Gasteiger partial charge in [0.1, 0.15) is 0 Å². The molecule has 1 fully saturated rings. The third-order valence-corrected chi connectivity index (χ3v) is 3.72. The van der Waals surface area contributed by atoms with E-state index >= 15 is 0 Å². The maximum Gasteiger partial charge on any atom is 0.221 e. The highest BCUT2D eigenvalue weighted by Gasteiger charge is 2.35. The number of rotatable bonds is 2. The van der Waals surface area contributed by atoms with E-state index in [1.807, 2.05) is 30.3 Å². The molecule has 5 heteroatoms. The normalized spacial score (nSPS) is 21.4. The van der Waals surface area contributed by atoms with Crippen molar-refractivity contribution in [2.45, 2.75) is 18.4 Å². The van der Waals surface area contributed by atoms with Crippen LogP contribution in [0.1, 0.15) is 29.5 Å². The molecule has 1 saturated heterocycles. The van der Waals surface area contributed by atoms with Gasteiger partial charge in [0.25, 0.3) is 0 Å². The maximum absolute atomic E-state index is 13.4. The second kappa shape index (κ2) is 5.24. The van der Waals surface area contributed by atoms with E-state index in [0.717, 1.165) is 17.7 Å². The van der Waals surface area contributed by atoms with Gasteiger partial charge in [0.15, 0.2) is 17.5 Å². The number of carbonyl (C=O) groups is 1. The second-order valence-corrected chi connectivity index (χ2v) is 5.07. The van der Waals surface area contributed by atoms with Crippen LogP contribution in [0.4, 0.5) is 13.2 Å². The fourth-order valence-corrected chi connectivity index (χ4v) is 2.73. The van der Waals surface area contributed by atoms with Gasteiger partial charge in [0.05, 0.1) is 6.04 Å². The molecule has 1 amide bonds. The van der Waals surface area contributed by atoms with Crippen LogP contribution < -0.4 is 5.32 Å². The minimum Gasteiger partial charge on any atom is -0.349 e. The molecular formula is C16H12F3NO. The number of hydrogen-bond acceptors (Lipinski definition) is 1. The Morgan fingerprint density at radius 2 is 1.57 bits per heavy atom. The highest BCUT2D eigenvalue weighted by atomic mass is 19.2. The van der Waals surface area contributed by atoms with Crippen LogP contribution in [0.25, 0.3) is 0 Å². The summed E-state index contributed by atoms with van der Waals surface area (Å²) in [6.07, 6.45) is 0.115. The van der Waals surface area contributed by atoms with Gasteiger partial charge in [-0.2, -0.15) is 0 Å². The van der Waals surface area contributed by atoms with Crippen LogP contribution >= 0.6 is 0 Å². The molecule has 2 aromatic rings. The lowest BCUT2D eigenvalue weighted by molar-refractivity contribution is -0.119. The largest absolute Gasteiger partial charge is 0.349 e. The van der Waals surface area contributed by atoms with Gasteiger partial charge in [-0.1, -0.05) is 30.3 Å². The topological polar surface area (TPSA) is 29.1 Å². The van der Waals surface area contributed by atoms with Crippen LogP contribution in [-0.4, -0.2) is 5.91 Å². The number of hydrogen-bond donors (Lipinski definition) is 1. The molecule has 1 aliphatic heterocycles. The third kappa shape index (κ3) is 2.51. The van der Waals surface area contributed by atoms with Gasteiger partial charge in [-0.15, -0.1) is 0 Å². The van der Waals surface area contributed by atoms with Crippen LogP contribution in [0, 0.1) is 17.5 Å². The van der Waals surface area contributed by atoms with Gasteiger partial charge in [0, 0.05) is 12.3 Å². The Hall–Kier alpha value is -2.30. The molecule has 0 aromatic heterocycles. The predicted molar refractivity (Wildman–Crippen MR) is 71.0 cm³/mol. The lowest BCUT2D eigenvalue weighted by Crippen LogP contribution is -2.20. The molecule has 2 nitrogen and oxygen atoms in total. The van der Waals surface area contributed by atoms with Gasteiger partial charge >= 0.3 is 0 Å². The highest BCUT2D eigenvalue weighted by molar-refractivity contribution is 5.80. The quantitative estimate of drug-likeness (QED) is 0.844. The average molecular weight is 291 g/mol. The molecule has 0 spiro atoms. The van der Waals surface area contributed by atoms with E-state index in [1.165, 1.54) is 0 Å². The summed E-state index contributed by atoms with van der Waals surface area (Å²) in [6, 6.07) is 10.7. The van der Waals surface area contributed by atoms with Crippen molar-refractivity contribution in [3.05, 3.63) is 71.0 Å². The SMILES string of the molecule is O=C1CC(c2cc(F)c(F)c(F)c2)C(c2ccccc2)N1. The van der Waals surface area contributed by atoms with Crippen LogP contribution in [0.2, 0.25) is 0 Å². The fraction of sp³-hybridized carbons (Fsp3) is 0.188. The number of halogens is 3. The van der Waals surface area contributed by atoms with E-state index in [0.29, 0.717) is 0 Å². The molecule has 1 aliphatic rings. The van der Waals surface area contributed by atoms with Crippen molar-refractivity contribution in [2.75, 3.05) is 0 Å². The lowest BCUT2D eigenvalue weighted by atomic mass is 9.88. The van der Waals surface area contributed by atoms with E-state index in [-0.39, 0.29) is 23.9 Å². The maximum atomic E-state index is 13.4. The van der Waals surface area contributed by atoms with Crippen molar-refractivity contribution >= 4 is 5.91 Å². The summed E-state index contributed by atoms with van der Waals surface area (Å²) in [4.78, 5) is 11.7. The lowest BCUT2D eigenvalue weighted by Gasteiger charge is -2.20. The van der Waals surface area contributed by atoms with Gasteiger partial charge in [-0.3, -0.25) is 4.79 Å². The zero-order valence-electron chi connectivity index (χ0n) is 10.9. The van der Waals surface area contributed by atoms with E-state index in [2.05, 4.69) is 5.32 Å². The smallest absolute Gasteiger partial charge is 0.221 e. The highest BCUT2D eigenvalue weighted by Crippen LogP contribution is 2.38. The molecule has 0 bridgehead atoms. The van der Waals surface area contributed by atoms with Crippen molar-refractivity contribution < 1.29 is 18.0 Å². The molecule has 0 radical (unpaired) electrons. The van der Waals surface area contributed by atoms with Gasteiger partial charge in [-0.05, 0) is 23.3 Å². The fourth-order valence-electron chi connectivity index (χ4n) is 2.73. The van der Waals surface area contributed by atoms with Crippen molar-refractivity contribution in [1.82, 2.24) is 5.32 Å². The van der Waals surface area contributed by atoms with Gasteiger partial charge in [0.2, 0.25) is 5.91 Å². The predicted octanol–water partition coefficient (Wildman–Crippen LogP) is 3.45. The first kappa shape index (κ1) is 13.7. The molecule has 108 valence electrons. The molecule has 21 heavy (non-hydrogen) atoms. The summed E-state index contributed by atoms with van der Waals surface area (Å²) < 4.78 is 39.9. The molecule has 2 atom stereocenters. The second-order valence-electron chi connectivity index (χ2n) is 5.07. The van der Waals surface area contributed by atoms with Crippen molar-refractivity contribution in [3.8, 4) is 0 Å². The number of nitrogens with one attached hydrogen (secondary N) is 1. The Kier molecular flexibility index (Phi) is 3.41. The average Bonchev–Trinajstić information content (AvgIpc) is 2.87. The minimum absolute atomic E-state index is 0.115. The molecule has 2 aromatic carbocycles. The molecule has 1 N–H and O–H groups in total. The number of benzene rings is 2. The monoisotopic (exact) mass is 291 g/mol. The van der Waals surface area contributed by atoms with Crippen LogP contribution in [0.15, 0.2) is 42.5 Å². The Morgan fingerprint density at radius 3 is 2.19 bits per heavy atom. The van der Waals surface area contributed by atoms with E-state index in [1.54, 1.807) is 0 Å². The first-order valence-electron chi connectivity index (χ1n) is 6.55. The summed E-state index contributed by atoms with van der Waals surface area (Å²) >= 11 is 0. The standard InChI is InChI=1S/C16H12F3NO/c17-12-6-10(7-13(18)15(12)19)11-8-14(21)20-16(11)9-4-2-1-3-5-9/h1-7,11,16H,8H2,(H,20,21). The summed E-state index contributed by atoms with van der Waals surface area (Å²) in [5, 5.41) is 2.79. The Morgan fingerprint density at radius 1 is 0.952 bits per heavy atom. The zero-order valence-corrected chi connectivity index (χ0v) is 10.9. The van der Waals surface area contributed by atoms with Crippen molar-refractivity contribution in [1.29, 1.82) is 0 Å². The van der Waals surface area contributed by atoms with Crippen molar-refractivity contribution in [3.63, 3.8) is 0 Å².